The maximum atomic E-state index is 8.54. The van der Waals surface area contributed by atoms with Gasteiger partial charge >= 0.3 is 28.1 Å². The van der Waals surface area contributed by atoms with Crippen molar-refractivity contribution in [3.63, 3.8) is 0 Å². The zero-order chi connectivity index (χ0) is 3.58. The van der Waals surface area contributed by atoms with E-state index in [-0.39, 0.29) is 18.2 Å². The summed E-state index contributed by atoms with van der Waals surface area (Å²) in [5, 5.41) is 0. The Kier molecular flexibility index (Phi) is 8.75. The van der Waals surface area contributed by atoms with Crippen molar-refractivity contribution in [1.82, 2.24) is 0 Å². The Hall–Kier alpha value is 0.746. The van der Waals surface area contributed by atoms with E-state index in [1.165, 1.54) is 0 Å². The van der Waals surface area contributed by atoms with Gasteiger partial charge in [0.2, 0.25) is 0 Å². The van der Waals surface area contributed by atoms with Crippen LogP contribution in [0.15, 0.2) is 0 Å². The van der Waals surface area contributed by atoms with Crippen molar-refractivity contribution >= 4 is 14.5 Å². The van der Waals surface area contributed by atoms with Gasteiger partial charge in [-0.3, -0.25) is 0 Å². The smallest absolute Gasteiger partial charge is 0 e. The zero-order valence-electron chi connectivity index (χ0n) is 2.97. The average molecular weight is 187 g/mol. The van der Waals surface area contributed by atoms with Crippen molar-refractivity contribution in [2.75, 3.05) is 0 Å². The maximum Gasteiger partial charge on any atom is 1.00 e. The first kappa shape index (κ1) is 9.22. The van der Waals surface area contributed by atoms with Crippen LogP contribution < -0.4 is 8.38 Å². The van der Waals surface area contributed by atoms with Crippen LogP contribution in [0.4, 0.5) is 0 Å². The van der Waals surface area contributed by atoms with Gasteiger partial charge in [-0.05, 0) is 0 Å². The summed E-state index contributed by atoms with van der Waals surface area (Å²) in [6, 6.07) is 0. The van der Waals surface area contributed by atoms with Crippen LogP contribution in [0.1, 0.15) is 1.43 Å². The van der Waals surface area contributed by atoms with Gasteiger partial charge < -0.3 is 0 Å². The van der Waals surface area contributed by atoms with Gasteiger partial charge in [0.05, 0.1) is 0 Å². The first-order valence-corrected chi connectivity index (χ1v) is 2.60. The number of hydrogen-bond donors (Lipinski definition) is 0. The molecule has 0 unspecified atom stereocenters. The summed E-state index contributed by atoms with van der Waals surface area (Å²) in [5.41, 5.74) is 0. The Balaban J connectivity index is -0.0000000450. The van der Waals surface area contributed by atoms with Crippen LogP contribution in [0, 0.1) is 0 Å². The fraction of sp³-hybridized carbons (Fsp3) is 0. The molecule has 0 aliphatic carbocycles. The Bertz CT molecular complexity index is 33.8. The van der Waals surface area contributed by atoms with Crippen molar-refractivity contribution in [1.29, 1.82) is 0 Å². The Morgan fingerprint density at radius 2 is 1.60 bits per heavy atom. The van der Waals surface area contributed by atoms with Crippen molar-refractivity contribution in [3.8, 4) is 0 Å². The summed E-state index contributed by atoms with van der Waals surface area (Å²) >= 11 is -3.79. The predicted molar refractivity (Wildman–Crippen MR) is 7.55 cm³/mol. The first-order chi connectivity index (χ1) is 1.73. The molecule has 0 aromatic carbocycles. The quantitative estimate of drug-likeness (QED) is 0.385. The summed E-state index contributed by atoms with van der Waals surface area (Å²) in [6.07, 6.45) is 0. The minimum Gasteiger partial charge on any atom is 0 e. The van der Waals surface area contributed by atoms with Crippen molar-refractivity contribution < 1.29 is 30.4 Å². The third kappa shape index (κ3) is 64.3. The van der Waals surface area contributed by atoms with E-state index in [0.717, 1.165) is 0 Å². The fourth-order valence-electron chi connectivity index (χ4n) is 0. The molecule has 0 aliphatic rings. The second-order valence-corrected chi connectivity index (χ2v) is 1.06. The van der Waals surface area contributed by atoms with E-state index in [9.17, 15) is 0 Å². The topological polar surface area (TPSA) is 63.2 Å². The van der Waals surface area contributed by atoms with E-state index in [4.69, 9.17) is 12.2 Å². The summed E-state index contributed by atoms with van der Waals surface area (Å²) in [4.78, 5) is 0. The second-order valence-electron chi connectivity index (χ2n) is 0.204. The van der Waals surface area contributed by atoms with Gasteiger partial charge in [-0.2, -0.15) is 0 Å². The molecule has 0 heterocycles. The van der Waals surface area contributed by atoms with Gasteiger partial charge in [-0.1, -0.05) is 0 Å². The van der Waals surface area contributed by atoms with Gasteiger partial charge in [0.1, 0.15) is 0 Å². The summed E-state index contributed by atoms with van der Waals surface area (Å²) < 4.78 is 25.6. The molecule has 0 atom stereocenters. The van der Waals surface area contributed by atoms with Crippen LogP contribution >= 0.6 is 0 Å². The Morgan fingerprint density at radius 1 is 1.60 bits per heavy atom. The van der Waals surface area contributed by atoms with Gasteiger partial charge in [0, 0.05) is 16.8 Å². The summed E-state index contributed by atoms with van der Waals surface area (Å²) in [6.45, 7) is 0. The molecule has 3 nitrogen and oxygen atoms in total. The standard InChI is InChI=1S/Co.H2O3Se/c;1-4(2)3/h;(H2,1,2,3)/p-1. The minimum atomic E-state index is -3.79. The molecule has 0 aliphatic heterocycles. The van der Waals surface area contributed by atoms with E-state index >= 15 is 0 Å². The molecule has 0 amide bonds. The molecule has 0 fully saturated rings. The van der Waals surface area contributed by atoms with E-state index in [1.807, 2.05) is 0 Å². The third-order valence-electron chi connectivity index (χ3n) is 0. The van der Waals surface area contributed by atoms with Crippen molar-refractivity contribution in [2.24, 2.45) is 0 Å². The van der Waals surface area contributed by atoms with Gasteiger partial charge in [0.25, 0.3) is 0 Å². The minimum absolute atomic E-state index is 0. The van der Waals surface area contributed by atoms with E-state index < -0.39 is 14.5 Å². The maximum absolute atomic E-state index is 8.54. The first-order valence-electron chi connectivity index (χ1n) is 0.500. The van der Waals surface area contributed by atoms with Gasteiger partial charge in [0.15, 0.2) is 0 Å². The van der Waals surface area contributed by atoms with Gasteiger partial charge in [-0.25, -0.2) is 0 Å². The molecule has 0 N–H and O–H groups in total. The molecule has 0 bridgehead atoms. The van der Waals surface area contributed by atoms with Crippen molar-refractivity contribution in [2.45, 2.75) is 0 Å². The monoisotopic (exact) mass is 188 g/mol. The molecule has 0 rings (SSSR count). The predicted octanol–water partition coefficient (Wildman–Crippen LogP) is -2.77. The van der Waals surface area contributed by atoms with Crippen LogP contribution in [0.3, 0.4) is 0 Å². The summed E-state index contributed by atoms with van der Waals surface area (Å²) in [7, 11) is 0. The van der Waals surface area contributed by atoms with E-state index in [2.05, 4.69) is 0 Å². The molecule has 35 valence electrons. The SMILES string of the molecule is O=[Se]([O-])[O-].[Co].[H+]. The molecule has 5 heteroatoms. The van der Waals surface area contributed by atoms with E-state index in [0.29, 0.717) is 0 Å². The Labute approximate surface area is 45.4 Å². The largest absolute Gasteiger partial charge is 1.00 e. The van der Waals surface area contributed by atoms with Gasteiger partial charge in [-0.15, -0.1) is 0 Å². The van der Waals surface area contributed by atoms with Crippen LogP contribution in [0.25, 0.3) is 0 Å². The Morgan fingerprint density at radius 3 is 1.60 bits per heavy atom. The second kappa shape index (κ2) is 4.75. The molecule has 0 spiro atoms. The number of rotatable bonds is 0. The average Bonchev–Trinajstić information content (AvgIpc) is 0.811. The molecule has 0 saturated carbocycles. The summed E-state index contributed by atoms with van der Waals surface area (Å²) in [5.74, 6) is 0. The molecule has 0 aromatic rings. The molecule has 1 radical (unpaired) electrons. The molecule has 0 saturated heterocycles. The van der Waals surface area contributed by atoms with Crippen LogP contribution in [-0.4, -0.2) is 14.5 Å². The van der Waals surface area contributed by atoms with Crippen molar-refractivity contribution in [3.05, 3.63) is 0 Å². The molecule has 0 aromatic heterocycles. The third-order valence-corrected chi connectivity index (χ3v) is 0. The molecular formula is HCoO3Se-. The van der Waals surface area contributed by atoms with Crippen LogP contribution in [0.2, 0.25) is 0 Å². The zero-order valence-corrected chi connectivity index (χ0v) is 4.72. The normalized spacial score (nSPS) is 7.00. The van der Waals surface area contributed by atoms with E-state index in [1.54, 1.807) is 0 Å². The van der Waals surface area contributed by atoms with Crippen LogP contribution in [0.5, 0.6) is 0 Å². The van der Waals surface area contributed by atoms with Crippen LogP contribution in [-0.2, 0) is 20.6 Å². The molecular weight excluding hydrogens is 186 g/mol. The molecule has 5 heavy (non-hydrogen) atoms. The fourth-order valence-corrected chi connectivity index (χ4v) is 0. The number of hydrogen-bond acceptors (Lipinski definition) is 3.